The topological polar surface area (TPSA) is 77.8 Å². The highest BCUT2D eigenvalue weighted by atomic mass is 16.5. The summed E-state index contributed by atoms with van der Waals surface area (Å²) in [4.78, 5) is 24.0. The quantitative estimate of drug-likeness (QED) is 0.605. The van der Waals surface area contributed by atoms with Crippen LogP contribution in [0.3, 0.4) is 0 Å². The summed E-state index contributed by atoms with van der Waals surface area (Å²) in [5.74, 6) is 0.0511. The van der Waals surface area contributed by atoms with Gasteiger partial charge in [-0.1, -0.05) is 37.3 Å². The number of ether oxygens (including phenoxy) is 2. The van der Waals surface area contributed by atoms with Crippen molar-refractivity contribution in [3.05, 3.63) is 65.9 Å². The van der Waals surface area contributed by atoms with E-state index in [1.54, 1.807) is 19.2 Å². The number of benzene rings is 2. The van der Waals surface area contributed by atoms with Crippen LogP contribution in [0.25, 0.3) is 11.0 Å². The van der Waals surface area contributed by atoms with Crippen LogP contribution in [-0.2, 0) is 20.7 Å². The van der Waals surface area contributed by atoms with E-state index in [1.165, 1.54) is 6.26 Å². The van der Waals surface area contributed by atoms with Crippen molar-refractivity contribution in [2.24, 2.45) is 0 Å². The highest BCUT2D eigenvalue weighted by Gasteiger charge is 2.14. The minimum atomic E-state index is -0.482. The number of amides is 1. The summed E-state index contributed by atoms with van der Waals surface area (Å²) in [6.07, 6.45) is 1.56. The maximum atomic E-state index is 12.1. The first-order valence-corrected chi connectivity index (χ1v) is 9.08. The molecular weight excluding hydrogens is 358 g/mol. The summed E-state index contributed by atoms with van der Waals surface area (Å²) in [6.45, 7) is 2.21. The molecule has 0 aliphatic rings. The van der Waals surface area contributed by atoms with E-state index < -0.39 is 5.97 Å². The third kappa shape index (κ3) is 4.91. The second-order valence-electron chi connectivity index (χ2n) is 6.58. The molecule has 3 aromatic rings. The molecule has 1 aromatic heterocycles. The van der Waals surface area contributed by atoms with Crippen LogP contribution in [0.1, 0.15) is 24.0 Å². The summed E-state index contributed by atoms with van der Waals surface area (Å²) < 4.78 is 15.7. The first kappa shape index (κ1) is 19.5. The summed E-state index contributed by atoms with van der Waals surface area (Å²) in [6, 6.07) is 15.3. The predicted molar refractivity (Wildman–Crippen MR) is 105 cm³/mol. The average molecular weight is 381 g/mol. The number of rotatable bonds is 8. The Morgan fingerprint density at radius 1 is 1.14 bits per heavy atom. The molecule has 28 heavy (non-hydrogen) atoms. The fourth-order valence-electron chi connectivity index (χ4n) is 2.90. The van der Waals surface area contributed by atoms with Crippen LogP contribution in [0.5, 0.6) is 5.75 Å². The second kappa shape index (κ2) is 9.08. The van der Waals surface area contributed by atoms with Crippen LogP contribution in [-0.4, -0.2) is 32.1 Å². The van der Waals surface area contributed by atoms with Crippen molar-refractivity contribution < 1.29 is 23.5 Å². The number of hydrogen-bond acceptors (Lipinski definition) is 5. The van der Waals surface area contributed by atoms with Crippen LogP contribution in [0.2, 0.25) is 0 Å². The molecule has 0 saturated carbocycles. The Hall–Kier alpha value is -3.28. The summed E-state index contributed by atoms with van der Waals surface area (Å²) >= 11 is 0. The summed E-state index contributed by atoms with van der Waals surface area (Å²) in [5, 5.41) is 3.61. The van der Waals surface area contributed by atoms with Gasteiger partial charge in [0.1, 0.15) is 11.3 Å². The fraction of sp³-hybridized carbons (Fsp3) is 0.273. The van der Waals surface area contributed by atoms with Crippen LogP contribution >= 0.6 is 0 Å². The lowest BCUT2D eigenvalue weighted by Crippen LogP contribution is -2.31. The number of methoxy groups -OCH3 is 1. The molecular formula is C22H23NO5. The molecule has 0 aliphatic carbocycles. The number of hydrogen-bond donors (Lipinski definition) is 1. The van der Waals surface area contributed by atoms with Crippen molar-refractivity contribution in [2.45, 2.75) is 19.3 Å². The molecule has 146 valence electrons. The lowest BCUT2D eigenvalue weighted by molar-refractivity contribution is -0.147. The van der Waals surface area contributed by atoms with Crippen molar-refractivity contribution in [3.8, 4) is 5.75 Å². The maximum Gasteiger partial charge on any atom is 0.310 e. The maximum absolute atomic E-state index is 12.1. The molecule has 2 aromatic carbocycles. The molecule has 0 spiro atoms. The molecule has 1 heterocycles. The molecule has 6 heteroatoms. The van der Waals surface area contributed by atoms with Gasteiger partial charge in [-0.2, -0.15) is 0 Å². The van der Waals surface area contributed by atoms with E-state index in [-0.39, 0.29) is 24.9 Å². The van der Waals surface area contributed by atoms with E-state index in [2.05, 4.69) is 5.32 Å². The van der Waals surface area contributed by atoms with Crippen LogP contribution < -0.4 is 10.1 Å². The Morgan fingerprint density at radius 2 is 1.93 bits per heavy atom. The van der Waals surface area contributed by atoms with E-state index in [0.717, 1.165) is 10.9 Å². The van der Waals surface area contributed by atoms with Crippen molar-refractivity contribution >= 4 is 22.8 Å². The number of carbonyl (C=O) groups is 2. The third-order valence-electron chi connectivity index (χ3n) is 4.54. The molecule has 1 amide bonds. The summed E-state index contributed by atoms with van der Waals surface area (Å²) in [5.41, 5.74) is 2.49. The molecule has 0 saturated heterocycles. The largest absolute Gasteiger partial charge is 0.497 e. The Balaban J connectivity index is 1.46. The highest BCUT2D eigenvalue weighted by Crippen LogP contribution is 2.26. The van der Waals surface area contributed by atoms with Gasteiger partial charge < -0.3 is 19.2 Å². The van der Waals surface area contributed by atoms with E-state index in [4.69, 9.17) is 13.9 Å². The van der Waals surface area contributed by atoms with Gasteiger partial charge in [-0.3, -0.25) is 9.59 Å². The molecule has 0 radical (unpaired) electrons. The number of nitrogens with one attached hydrogen (secondary N) is 1. The number of carbonyl (C=O) groups excluding carboxylic acids is 2. The number of esters is 1. The lowest BCUT2D eigenvalue weighted by Gasteiger charge is -2.13. The fourth-order valence-corrected chi connectivity index (χ4v) is 2.90. The molecule has 1 atom stereocenters. The van der Waals surface area contributed by atoms with Crippen molar-refractivity contribution in [2.75, 3.05) is 20.3 Å². The zero-order chi connectivity index (χ0) is 19.9. The van der Waals surface area contributed by atoms with Crippen LogP contribution in [0.15, 0.2) is 59.2 Å². The molecule has 0 unspecified atom stereocenters. The van der Waals surface area contributed by atoms with Crippen molar-refractivity contribution in [3.63, 3.8) is 0 Å². The zero-order valence-corrected chi connectivity index (χ0v) is 15.9. The Kier molecular flexibility index (Phi) is 6.32. The Morgan fingerprint density at radius 3 is 2.68 bits per heavy atom. The van der Waals surface area contributed by atoms with Crippen LogP contribution in [0.4, 0.5) is 0 Å². The van der Waals surface area contributed by atoms with Crippen molar-refractivity contribution in [1.82, 2.24) is 5.32 Å². The van der Waals surface area contributed by atoms with E-state index in [0.29, 0.717) is 23.4 Å². The molecule has 0 fully saturated rings. The van der Waals surface area contributed by atoms with Gasteiger partial charge >= 0.3 is 5.97 Å². The lowest BCUT2D eigenvalue weighted by atomic mass is 10.0. The zero-order valence-electron chi connectivity index (χ0n) is 15.9. The van der Waals surface area contributed by atoms with E-state index >= 15 is 0 Å². The number of fused-ring (bicyclic) bond motifs is 1. The van der Waals surface area contributed by atoms with Gasteiger partial charge in [-0.15, -0.1) is 0 Å². The molecule has 1 N–H and O–H groups in total. The van der Waals surface area contributed by atoms with Gasteiger partial charge in [0.15, 0.2) is 6.61 Å². The highest BCUT2D eigenvalue weighted by molar-refractivity contribution is 5.87. The summed E-state index contributed by atoms with van der Waals surface area (Å²) in [7, 11) is 1.58. The molecule has 0 bridgehead atoms. The average Bonchev–Trinajstić information content (AvgIpc) is 3.12. The monoisotopic (exact) mass is 381 g/mol. The smallest absolute Gasteiger partial charge is 0.310 e. The van der Waals surface area contributed by atoms with Gasteiger partial charge in [-0.05, 0) is 23.6 Å². The van der Waals surface area contributed by atoms with E-state index in [1.807, 2.05) is 43.3 Å². The van der Waals surface area contributed by atoms with Gasteiger partial charge in [0, 0.05) is 23.6 Å². The van der Waals surface area contributed by atoms with E-state index in [9.17, 15) is 9.59 Å². The first-order chi connectivity index (χ1) is 13.6. The van der Waals surface area contributed by atoms with Crippen LogP contribution in [0, 0.1) is 0 Å². The second-order valence-corrected chi connectivity index (χ2v) is 6.58. The SMILES string of the molecule is COc1ccc2c(CC(=O)OCC(=O)NC[C@@H](C)c3ccccc3)coc2c1. The normalized spacial score (nSPS) is 11.8. The van der Waals surface area contributed by atoms with Gasteiger partial charge in [0.2, 0.25) is 0 Å². The minimum Gasteiger partial charge on any atom is -0.497 e. The Bertz CT molecular complexity index is 948. The Labute approximate surface area is 163 Å². The standard InChI is InChI=1S/C22H23NO5/c1-15(16-6-4-3-5-7-16)12-23-21(24)14-28-22(25)10-17-13-27-20-11-18(26-2)8-9-19(17)20/h3-9,11,13,15H,10,12,14H2,1-2H3,(H,23,24)/t15-/m1/s1. The van der Waals surface area contributed by atoms with Crippen molar-refractivity contribution in [1.29, 1.82) is 0 Å². The van der Waals surface area contributed by atoms with Gasteiger partial charge in [0.25, 0.3) is 5.91 Å². The first-order valence-electron chi connectivity index (χ1n) is 9.08. The molecule has 3 rings (SSSR count). The predicted octanol–water partition coefficient (Wildman–Crippen LogP) is 3.45. The number of furan rings is 1. The molecule has 6 nitrogen and oxygen atoms in total. The van der Waals surface area contributed by atoms with Gasteiger partial charge in [0.05, 0.1) is 19.8 Å². The minimum absolute atomic E-state index is 0.0347. The molecule has 0 aliphatic heterocycles. The third-order valence-corrected chi connectivity index (χ3v) is 4.54. The van der Waals surface area contributed by atoms with Gasteiger partial charge in [-0.25, -0.2) is 0 Å².